The van der Waals surface area contributed by atoms with Gasteiger partial charge in [-0.05, 0) is 0 Å². The number of aromatic nitrogens is 2. The second-order valence-electron chi connectivity index (χ2n) is 1.59. The number of anilines is 1. The van der Waals surface area contributed by atoms with Crippen LogP contribution in [0, 0.1) is 3.83 Å². The Kier molecular flexibility index (Phi) is 2.67. The Morgan fingerprint density at radius 3 is 2.80 bits per heavy atom. The van der Waals surface area contributed by atoms with Crippen molar-refractivity contribution in [1.29, 1.82) is 0 Å². The zero-order valence-corrected chi connectivity index (χ0v) is 8.14. The second kappa shape index (κ2) is 3.34. The zero-order valence-electron chi connectivity index (χ0n) is 5.23. The largest absolute Gasteiger partial charge is 0.373 e. The van der Waals surface area contributed by atoms with E-state index in [9.17, 15) is 0 Å². The summed E-state index contributed by atoms with van der Waals surface area (Å²) in [4.78, 5) is 7.92. The maximum absolute atomic E-state index is 5.63. The lowest BCUT2D eigenvalue weighted by atomic mass is 10.6. The Bertz CT molecular complexity index is 220. The van der Waals surface area contributed by atoms with Gasteiger partial charge in [-0.1, -0.05) is 11.6 Å². The molecule has 0 aromatic carbocycles. The highest BCUT2D eigenvalue weighted by atomic mass is 127. The molecule has 0 radical (unpaired) electrons. The molecular formula is C5H5ClIN3. The quantitative estimate of drug-likeness (QED) is 0.480. The number of nitrogens with one attached hydrogen (secondary N) is 1. The average Bonchev–Trinajstić information content (AvgIpc) is 1.85. The molecule has 1 aromatic heterocycles. The van der Waals surface area contributed by atoms with Crippen LogP contribution in [-0.2, 0) is 0 Å². The normalized spacial score (nSPS) is 9.50. The van der Waals surface area contributed by atoms with E-state index in [4.69, 9.17) is 11.6 Å². The van der Waals surface area contributed by atoms with E-state index in [2.05, 4.69) is 15.3 Å². The summed E-state index contributed by atoms with van der Waals surface area (Å²) in [5.74, 6) is 0.740. The smallest absolute Gasteiger partial charge is 0.194 e. The van der Waals surface area contributed by atoms with E-state index in [-0.39, 0.29) is 0 Å². The molecule has 1 rings (SSSR count). The lowest BCUT2D eigenvalue weighted by molar-refractivity contribution is 1.10. The van der Waals surface area contributed by atoms with Crippen LogP contribution in [0.2, 0.25) is 5.15 Å². The molecule has 0 unspecified atom stereocenters. The summed E-state index contributed by atoms with van der Waals surface area (Å²) in [5.41, 5.74) is 0. The molecule has 0 fully saturated rings. The molecule has 0 aliphatic rings. The zero-order chi connectivity index (χ0) is 7.56. The predicted molar refractivity (Wildman–Crippen MR) is 49.3 cm³/mol. The third-order valence-corrected chi connectivity index (χ3v) is 1.60. The van der Waals surface area contributed by atoms with Gasteiger partial charge in [0.05, 0.1) is 0 Å². The van der Waals surface area contributed by atoms with Crippen LogP contribution in [0.15, 0.2) is 6.07 Å². The van der Waals surface area contributed by atoms with Crippen molar-refractivity contribution in [3.05, 3.63) is 15.1 Å². The highest BCUT2D eigenvalue weighted by molar-refractivity contribution is 14.1. The molecule has 1 heterocycles. The molecule has 0 amide bonds. The first kappa shape index (κ1) is 8.00. The fraction of sp³-hybridized carbons (Fsp3) is 0.200. The van der Waals surface area contributed by atoms with Crippen molar-refractivity contribution in [1.82, 2.24) is 9.97 Å². The fourth-order valence-corrected chi connectivity index (χ4v) is 1.36. The van der Waals surface area contributed by atoms with Gasteiger partial charge in [0.1, 0.15) is 11.0 Å². The first-order chi connectivity index (χ1) is 4.72. The fourth-order valence-electron chi connectivity index (χ4n) is 0.518. The highest BCUT2D eigenvalue weighted by Gasteiger charge is 1.96. The summed E-state index contributed by atoms with van der Waals surface area (Å²) >= 11 is 7.64. The van der Waals surface area contributed by atoms with E-state index < -0.39 is 0 Å². The van der Waals surface area contributed by atoms with E-state index >= 15 is 0 Å². The summed E-state index contributed by atoms with van der Waals surface area (Å²) < 4.78 is 0.648. The van der Waals surface area contributed by atoms with Crippen LogP contribution >= 0.6 is 34.2 Å². The van der Waals surface area contributed by atoms with Gasteiger partial charge in [-0.25, -0.2) is 9.97 Å². The molecule has 0 spiro atoms. The summed E-state index contributed by atoms with van der Waals surface area (Å²) in [5, 5.41) is 3.33. The number of hydrogen-bond donors (Lipinski definition) is 1. The van der Waals surface area contributed by atoms with E-state index in [1.807, 2.05) is 22.6 Å². The van der Waals surface area contributed by atoms with Crippen LogP contribution in [0.1, 0.15) is 0 Å². The molecule has 1 N–H and O–H groups in total. The molecule has 0 aliphatic carbocycles. The number of halogens is 2. The van der Waals surface area contributed by atoms with Crippen LogP contribution < -0.4 is 5.32 Å². The molecule has 54 valence electrons. The van der Waals surface area contributed by atoms with Crippen LogP contribution in [-0.4, -0.2) is 17.0 Å². The summed E-state index contributed by atoms with van der Waals surface area (Å²) in [6.07, 6.45) is 0. The topological polar surface area (TPSA) is 37.8 Å². The van der Waals surface area contributed by atoms with Gasteiger partial charge in [-0.3, -0.25) is 0 Å². The molecule has 10 heavy (non-hydrogen) atoms. The second-order valence-corrected chi connectivity index (χ2v) is 2.95. The van der Waals surface area contributed by atoms with Crippen molar-refractivity contribution in [2.75, 3.05) is 12.4 Å². The Morgan fingerprint density at radius 1 is 1.60 bits per heavy atom. The van der Waals surface area contributed by atoms with Crippen molar-refractivity contribution >= 4 is 40.0 Å². The maximum atomic E-state index is 5.63. The monoisotopic (exact) mass is 269 g/mol. The third-order valence-electron chi connectivity index (χ3n) is 0.924. The maximum Gasteiger partial charge on any atom is 0.194 e. The van der Waals surface area contributed by atoms with Crippen molar-refractivity contribution in [2.24, 2.45) is 0 Å². The van der Waals surface area contributed by atoms with E-state index in [0.717, 1.165) is 5.82 Å². The van der Waals surface area contributed by atoms with Crippen molar-refractivity contribution in [2.45, 2.75) is 0 Å². The van der Waals surface area contributed by atoms with E-state index in [0.29, 0.717) is 8.98 Å². The van der Waals surface area contributed by atoms with Gasteiger partial charge < -0.3 is 5.32 Å². The SMILES string of the molecule is CNc1cc(Cl)nc(I)n1. The third kappa shape index (κ3) is 1.95. The minimum absolute atomic E-state index is 0.462. The first-order valence-electron chi connectivity index (χ1n) is 2.60. The molecule has 0 saturated carbocycles. The first-order valence-corrected chi connectivity index (χ1v) is 4.06. The Hall–Kier alpha value is -0.100. The minimum atomic E-state index is 0.462. The van der Waals surface area contributed by atoms with Crippen LogP contribution in [0.5, 0.6) is 0 Å². The van der Waals surface area contributed by atoms with E-state index in [1.165, 1.54) is 0 Å². The number of hydrogen-bond acceptors (Lipinski definition) is 3. The van der Waals surface area contributed by atoms with Crippen molar-refractivity contribution in [3.63, 3.8) is 0 Å². The molecule has 0 saturated heterocycles. The van der Waals surface area contributed by atoms with Crippen molar-refractivity contribution in [3.8, 4) is 0 Å². The molecule has 0 bridgehead atoms. The molecule has 0 atom stereocenters. The van der Waals surface area contributed by atoms with Gasteiger partial charge in [0.15, 0.2) is 3.83 Å². The molecule has 0 aliphatic heterocycles. The van der Waals surface area contributed by atoms with Gasteiger partial charge in [0.25, 0.3) is 0 Å². The van der Waals surface area contributed by atoms with Gasteiger partial charge >= 0.3 is 0 Å². The van der Waals surface area contributed by atoms with Gasteiger partial charge in [-0.2, -0.15) is 0 Å². The van der Waals surface area contributed by atoms with E-state index in [1.54, 1.807) is 13.1 Å². The van der Waals surface area contributed by atoms with Gasteiger partial charge in [0, 0.05) is 35.7 Å². The highest BCUT2D eigenvalue weighted by Crippen LogP contribution is 2.11. The predicted octanol–water partition coefficient (Wildman–Crippen LogP) is 1.78. The Labute approximate surface area is 77.4 Å². The average molecular weight is 269 g/mol. The summed E-state index contributed by atoms with van der Waals surface area (Å²) in [7, 11) is 1.79. The number of nitrogens with zero attached hydrogens (tertiary/aromatic N) is 2. The van der Waals surface area contributed by atoms with Crippen LogP contribution in [0.3, 0.4) is 0 Å². The lowest BCUT2D eigenvalue weighted by Crippen LogP contribution is -1.95. The minimum Gasteiger partial charge on any atom is -0.373 e. The molecule has 3 nitrogen and oxygen atoms in total. The standard InChI is InChI=1S/C5H5ClIN3/c1-8-4-2-3(6)9-5(7)10-4/h2H,1H3,(H,8,9,10). The van der Waals surface area contributed by atoms with Gasteiger partial charge in [0.2, 0.25) is 0 Å². The number of rotatable bonds is 1. The van der Waals surface area contributed by atoms with Gasteiger partial charge in [-0.15, -0.1) is 0 Å². The Morgan fingerprint density at radius 2 is 2.30 bits per heavy atom. The molecule has 1 aromatic rings. The Balaban J connectivity index is 3.06. The summed E-state index contributed by atoms with van der Waals surface area (Å²) in [6.45, 7) is 0. The van der Waals surface area contributed by atoms with Crippen LogP contribution in [0.25, 0.3) is 0 Å². The molecule has 5 heteroatoms. The van der Waals surface area contributed by atoms with Crippen molar-refractivity contribution < 1.29 is 0 Å². The molecular weight excluding hydrogens is 264 g/mol. The van der Waals surface area contributed by atoms with Crippen LogP contribution in [0.4, 0.5) is 5.82 Å². The summed E-state index contributed by atoms with van der Waals surface area (Å²) in [6, 6.07) is 1.67. The lowest BCUT2D eigenvalue weighted by Gasteiger charge is -1.98.